The zero-order chi connectivity index (χ0) is 22.7. The van der Waals surface area contributed by atoms with E-state index in [0.717, 1.165) is 68.6 Å². The zero-order valence-corrected chi connectivity index (χ0v) is 18.7. The molecule has 0 radical (unpaired) electrons. The van der Waals surface area contributed by atoms with Gasteiger partial charge in [0.25, 0.3) is 0 Å². The Morgan fingerprint density at radius 1 is 1.09 bits per heavy atom. The van der Waals surface area contributed by atoms with Crippen molar-refractivity contribution in [3.05, 3.63) is 71.4 Å². The van der Waals surface area contributed by atoms with Crippen molar-refractivity contribution in [3.63, 3.8) is 0 Å². The van der Waals surface area contributed by atoms with Crippen LogP contribution >= 0.6 is 0 Å². The lowest BCUT2D eigenvalue weighted by atomic mass is 10.1. The number of pyridine rings is 2. The minimum atomic E-state index is -0.238. The van der Waals surface area contributed by atoms with Crippen molar-refractivity contribution < 1.29 is 4.79 Å². The summed E-state index contributed by atoms with van der Waals surface area (Å²) in [6.07, 6.45) is 5.40. The highest BCUT2D eigenvalue weighted by molar-refractivity contribution is 6.08. The van der Waals surface area contributed by atoms with Crippen molar-refractivity contribution in [2.45, 2.75) is 32.7 Å². The molecule has 0 saturated heterocycles. The summed E-state index contributed by atoms with van der Waals surface area (Å²) in [6, 6.07) is 11.6. The van der Waals surface area contributed by atoms with Crippen molar-refractivity contribution in [3.8, 4) is 11.3 Å². The van der Waals surface area contributed by atoms with Gasteiger partial charge in [-0.05, 0) is 44.4 Å². The molecule has 1 aliphatic carbocycles. The van der Waals surface area contributed by atoms with Crippen molar-refractivity contribution in [2.75, 3.05) is 0 Å². The number of hydrogen-bond acceptors (Lipinski definition) is 5. The van der Waals surface area contributed by atoms with Gasteiger partial charge in [0.2, 0.25) is 0 Å². The van der Waals surface area contributed by atoms with Gasteiger partial charge in [0.1, 0.15) is 0 Å². The topological polar surface area (TPSA) is 90.5 Å². The van der Waals surface area contributed by atoms with Gasteiger partial charge in [-0.2, -0.15) is 14.9 Å². The van der Waals surface area contributed by atoms with Gasteiger partial charge in [-0.3, -0.25) is 14.6 Å². The third-order valence-electron chi connectivity index (χ3n) is 6.41. The molecule has 8 heteroatoms. The molecule has 1 amide bonds. The normalized spacial score (nSPS) is 15.3. The number of amides is 1. The van der Waals surface area contributed by atoms with E-state index in [1.165, 1.54) is 4.68 Å². The number of hydrogen-bond donors (Lipinski definition) is 1. The Labute approximate surface area is 190 Å². The van der Waals surface area contributed by atoms with Gasteiger partial charge < -0.3 is 5.32 Å². The molecule has 164 valence electrons. The van der Waals surface area contributed by atoms with Crippen LogP contribution in [0, 0.1) is 13.8 Å². The number of benzene rings is 1. The van der Waals surface area contributed by atoms with Crippen molar-refractivity contribution in [2.24, 2.45) is 7.05 Å². The maximum Gasteiger partial charge on any atom is 0.343 e. The van der Waals surface area contributed by atoms with Gasteiger partial charge in [-0.25, -0.2) is 4.79 Å². The molecule has 33 heavy (non-hydrogen) atoms. The summed E-state index contributed by atoms with van der Waals surface area (Å²) in [5.41, 5.74) is 7.30. The van der Waals surface area contributed by atoms with Gasteiger partial charge in [-0.1, -0.05) is 24.3 Å². The summed E-state index contributed by atoms with van der Waals surface area (Å²) < 4.78 is 3.27. The molecule has 6 rings (SSSR count). The van der Waals surface area contributed by atoms with E-state index in [1.54, 1.807) is 4.68 Å². The van der Waals surface area contributed by atoms with E-state index in [1.807, 2.05) is 63.6 Å². The minimum absolute atomic E-state index is 0.100. The summed E-state index contributed by atoms with van der Waals surface area (Å²) >= 11 is 0. The summed E-state index contributed by atoms with van der Waals surface area (Å²) in [4.78, 5) is 23.0. The summed E-state index contributed by atoms with van der Waals surface area (Å²) in [5, 5.41) is 13.9. The smallest absolute Gasteiger partial charge is 0.329 e. The minimum Gasteiger partial charge on any atom is -0.329 e. The first-order valence-electron chi connectivity index (χ1n) is 11.0. The fourth-order valence-corrected chi connectivity index (χ4v) is 4.90. The average molecular weight is 438 g/mol. The maximum atomic E-state index is 13.4. The molecular formula is C25H23N7O. The third-order valence-corrected chi connectivity index (χ3v) is 6.41. The number of aryl methyl sites for hydroxylation is 4. The van der Waals surface area contributed by atoms with Crippen LogP contribution in [0.5, 0.6) is 0 Å². The van der Waals surface area contributed by atoms with Crippen LogP contribution < -0.4 is 5.32 Å². The number of nitrogens with zero attached hydrogens (tertiary/aromatic N) is 6. The van der Waals surface area contributed by atoms with Gasteiger partial charge in [-0.15, -0.1) is 0 Å². The van der Waals surface area contributed by atoms with E-state index in [-0.39, 0.29) is 12.1 Å². The lowest BCUT2D eigenvalue weighted by molar-refractivity contribution is 0.236. The van der Waals surface area contributed by atoms with E-state index in [4.69, 9.17) is 9.97 Å². The Balaban J connectivity index is 1.35. The summed E-state index contributed by atoms with van der Waals surface area (Å²) in [7, 11) is 1.89. The van der Waals surface area contributed by atoms with Crippen molar-refractivity contribution in [1.29, 1.82) is 0 Å². The number of aromatic nitrogens is 6. The molecule has 4 heterocycles. The molecule has 0 bridgehead atoms. The second kappa shape index (κ2) is 7.23. The largest absolute Gasteiger partial charge is 0.343 e. The molecule has 0 aliphatic heterocycles. The SMILES string of the molecule is Cc1nc2ccccc2c2c1c(C)nn2C(=O)N[C@H]1CCc2nc(-c3cnn(C)c3)ccc21. The number of carbonyl (C=O) groups is 1. The highest BCUT2D eigenvalue weighted by Crippen LogP contribution is 2.33. The van der Waals surface area contributed by atoms with Gasteiger partial charge in [0.15, 0.2) is 0 Å². The third kappa shape index (κ3) is 3.09. The second-order valence-electron chi connectivity index (χ2n) is 8.61. The van der Waals surface area contributed by atoms with Gasteiger partial charge in [0, 0.05) is 41.0 Å². The Kier molecular flexibility index (Phi) is 4.29. The van der Waals surface area contributed by atoms with Crippen LogP contribution in [0.4, 0.5) is 4.79 Å². The molecule has 0 spiro atoms. The Morgan fingerprint density at radius 2 is 1.94 bits per heavy atom. The van der Waals surface area contributed by atoms with Crippen LogP contribution in [-0.2, 0) is 13.5 Å². The molecule has 0 saturated carbocycles. The van der Waals surface area contributed by atoms with Gasteiger partial charge in [0.05, 0.1) is 34.7 Å². The van der Waals surface area contributed by atoms with Crippen LogP contribution in [0.25, 0.3) is 33.1 Å². The van der Waals surface area contributed by atoms with Crippen molar-refractivity contribution >= 4 is 27.8 Å². The molecular weight excluding hydrogens is 414 g/mol. The number of para-hydroxylation sites is 1. The number of nitrogens with one attached hydrogen (secondary N) is 1. The molecule has 1 N–H and O–H groups in total. The molecule has 1 atom stereocenters. The van der Waals surface area contributed by atoms with Crippen LogP contribution in [0.2, 0.25) is 0 Å². The zero-order valence-electron chi connectivity index (χ0n) is 18.7. The van der Waals surface area contributed by atoms with E-state index >= 15 is 0 Å². The summed E-state index contributed by atoms with van der Waals surface area (Å²) in [6.45, 7) is 3.88. The molecule has 4 aromatic heterocycles. The Bertz CT molecular complexity index is 1560. The Hall–Kier alpha value is -4.07. The highest BCUT2D eigenvalue weighted by atomic mass is 16.2. The quantitative estimate of drug-likeness (QED) is 0.446. The van der Waals surface area contributed by atoms with E-state index in [2.05, 4.69) is 21.6 Å². The monoisotopic (exact) mass is 437 g/mol. The van der Waals surface area contributed by atoms with Crippen LogP contribution in [-0.4, -0.2) is 35.6 Å². The predicted octanol–water partition coefficient (Wildman–Crippen LogP) is 4.24. The first-order chi connectivity index (χ1) is 16.0. The van der Waals surface area contributed by atoms with E-state index in [9.17, 15) is 4.79 Å². The number of rotatable bonds is 2. The number of carbonyl (C=O) groups excluding carboxylic acids is 1. The lowest BCUT2D eigenvalue weighted by Crippen LogP contribution is -2.32. The van der Waals surface area contributed by atoms with Crippen LogP contribution in [0.15, 0.2) is 48.8 Å². The highest BCUT2D eigenvalue weighted by Gasteiger charge is 2.28. The van der Waals surface area contributed by atoms with Crippen LogP contribution in [0.1, 0.15) is 35.1 Å². The molecule has 0 fully saturated rings. The van der Waals surface area contributed by atoms with E-state index < -0.39 is 0 Å². The molecule has 8 nitrogen and oxygen atoms in total. The van der Waals surface area contributed by atoms with E-state index in [0.29, 0.717) is 0 Å². The molecule has 5 aromatic rings. The molecule has 1 aromatic carbocycles. The first-order valence-corrected chi connectivity index (χ1v) is 11.0. The fourth-order valence-electron chi connectivity index (χ4n) is 4.90. The van der Waals surface area contributed by atoms with Crippen molar-refractivity contribution in [1.82, 2.24) is 34.8 Å². The van der Waals surface area contributed by atoms with Gasteiger partial charge >= 0.3 is 6.03 Å². The standard InChI is InChI=1S/C25H23N7O/c1-14-23-15(2)30-32(24(23)18-6-4-5-7-20(18)27-14)25(33)29-22-11-10-21-17(22)8-9-19(28-21)16-12-26-31(3)13-16/h4-9,12-13,22H,10-11H2,1-3H3,(H,29,33)/t22-/m0/s1. The molecule has 1 aliphatic rings. The Morgan fingerprint density at radius 3 is 2.76 bits per heavy atom. The summed E-state index contributed by atoms with van der Waals surface area (Å²) in [5.74, 6) is 0. The molecule has 0 unspecified atom stereocenters. The maximum absolute atomic E-state index is 13.4. The van der Waals surface area contributed by atoms with Crippen LogP contribution in [0.3, 0.4) is 0 Å². The second-order valence-corrected chi connectivity index (χ2v) is 8.61. The predicted molar refractivity (Wildman–Crippen MR) is 126 cm³/mol. The first kappa shape index (κ1) is 19.6. The average Bonchev–Trinajstić information content (AvgIpc) is 3.51. The lowest BCUT2D eigenvalue weighted by Gasteiger charge is -2.15. The number of fused-ring (bicyclic) bond motifs is 4. The fraction of sp³-hybridized carbons (Fsp3) is 0.240.